The highest BCUT2D eigenvalue weighted by molar-refractivity contribution is 7.99. The molecule has 1 amide bonds. The molecule has 1 aromatic heterocycles. The maximum absolute atomic E-state index is 13.1. The Hall–Kier alpha value is -2.71. The zero-order valence-corrected chi connectivity index (χ0v) is 20.5. The molecule has 1 N–H and O–H groups in total. The van der Waals surface area contributed by atoms with Crippen LogP contribution < -0.4 is 20.3 Å². The number of carbonyl (C=O) groups is 1. The first-order valence-electron chi connectivity index (χ1n) is 10.7. The number of carbonyl (C=O) groups excluding carboxylic acids is 1. The third kappa shape index (κ3) is 6.88. The number of rotatable bonds is 11. The van der Waals surface area contributed by atoms with Gasteiger partial charge in [-0.1, -0.05) is 49.3 Å². The number of ether oxygens (including phenoxy) is 2. The molecular weight excluding hydrogens is 462 g/mol. The van der Waals surface area contributed by atoms with E-state index in [1.807, 2.05) is 24.3 Å². The smallest absolute Gasteiger partial charge is 0.262 e. The van der Waals surface area contributed by atoms with Crippen LogP contribution in [0.1, 0.15) is 20.3 Å². The van der Waals surface area contributed by atoms with Gasteiger partial charge in [0.1, 0.15) is 6.61 Å². The highest BCUT2D eigenvalue weighted by Gasteiger charge is 2.14. The first-order chi connectivity index (χ1) is 15.9. The Morgan fingerprint density at radius 2 is 1.97 bits per heavy atom. The Balaban J connectivity index is 1.62. The van der Waals surface area contributed by atoms with Gasteiger partial charge in [-0.2, -0.15) is 0 Å². The molecule has 3 aromatic rings. The molecule has 176 valence electrons. The van der Waals surface area contributed by atoms with Gasteiger partial charge in [0, 0.05) is 11.6 Å². The molecule has 0 aliphatic carbocycles. The van der Waals surface area contributed by atoms with Gasteiger partial charge in [-0.05, 0) is 42.7 Å². The molecule has 0 saturated carbocycles. The second-order valence-corrected chi connectivity index (χ2v) is 9.21. The van der Waals surface area contributed by atoms with Gasteiger partial charge in [0.15, 0.2) is 16.7 Å². The summed E-state index contributed by atoms with van der Waals surface area (Å²) in [6, 6.07) is 12.4. The van der Waals surface area contributed by atoms with Gasteiger partial charge in [-0.3, -0.25) is 14.2 Å². The molecule has 1 heterocycles. The molecule has 0 unspecified atom stereocenters. The van der Waals surface area contributed by atoms with Gasteiger partial charge in [-0.25, -0.2) is 4.98 Å². The highest BCUT2D eigenvalue weighted by Crippen LogP contribution is 2.25. The quantitative estimate of drug-likeness (QED) is 0.244. The van der Waals surface area contributed by atoms with E-state index in [1.165, 1.54) is 11.8 Å². The minimum Gasteiger partial charge on any atom is -0.493 e. The van der Waals surface area contributed by atoms with Crippen molar-refractivity contribution in [3.05, 3.63) is 57.8 Å². The van der Waals surface area contributed by atoms with Crippen molar-refractivity contribution in [3.63, 3.8) is 0 Å². The third-order valence-electron chi connectivity index (χ3n) is 4.90. The van der Waals surface area contributed by atoms with Crippen LogP contribution in [0.2, 0.25) is 5.02 Å². The number of nitrogens with zero attached hydrogens (tertiary/aromatic N) is 2. The molecule has 33 heavy (non-hydrogen) atoms. The van der Waals surface area contributed by atoms with Crippen molar-refractivity contribution in [2.45, 2.75) is 32.0 Å². The van der Waals surface area contributed by atoms with E-state index in [2.05, 4.69) is 24.1 Å². The molecule has 0 fully saturated rings. The van der Waals surface area contributed by atoms with Crippen molar-refractivity contribution in [1.82, 2.24) is 14.9 Å². The average Bonchev–Trinajstić information content (AvgIpc) is 2.79. The normalized spacial score (nSPS) is 11.1. The zero-order chi connectivity index (χ0) is 23.8. The highest BCUT2D eigenvalue weighted by atomic mass is 35.5. The fourth-order valence-corrected chi connectivity index (χ4v) is 4.16. The Morgan fingerprint density at radius 1 is 1.21 bits per heavy atom. The predicted octanol–water partition coefficient (Wildman–Crippen LogP) is 4.39. The number of thioether (sulfide) groups is 1. The fourth-order valence-electron chi connectivity index (χ4n) is 3.14. The number of amides is 1. The number of fused-ring (bicyclic) bond motifs is 1. The lowest BCUT2D eigenvalue weighted by Crippen LogP contribution is -2.30. The number of methoxy groups -OCH3 is 1. The van der Waals surface area contributed by atoms with Crippen molar-refractivity contribution < 1.29 is 14.3 Å². The summed E-state index contributed by atoms with van der Waals surface area (Å²) in [5, 5.41) is 4.37. The van der Waals surface area contributed by atoms with Crippen LogP contribution in [-0.2, 0) is 11.3 Å². The number of benzene rings is 2. The molecule has 0 aliphatic rings. The standard InChI is InChI=1S/C24H28ClN3O4S/c1-16(2)10-12-28-23(30)18-9-8-17(25)14-19(18)27-24(28)33-15-22(29)26-11-13-32-21-7-5-4-6-20(21)31-3/h4-9,14,16H,10-13,15H2,1-3H3,(H,26,29). The lowest BCUT2D eigenvalue weighted by molar-refractivity contribution is -0.118. The van der Waals surface area contributed by atoms with Crippen LogP contribution in [0.4, 0.5) is 0 Å². The first kappa shape index (κ1) is 24.9. The Kier molecular flexibility index (Phi) is 9.03. The molecule has 0 aliphatic heterocycles. The first-order valence-corrected chi connectivity index (χ1v) is 12.1. The minimum absolute atomic E-state index is 0.120. The lowest BCUT2D eigenvalue weighted by atomic mass is 10.1. The number of halogens is 1. The third-order valence-corrected chi connectivity index (χ3v) is 6.11. The maximum atomic E-state index is 13.1. The van der Waals surface area contributed by atoms with Gasteiger partial charge >= 0.3 is 0 Å². The van der Waals surface area contributed by atoms with Gasteiger partial charge < -0.3 is 14.8 Å². The van der Waals surface area contributed by atoms with Crippen LogP contribution in [0.15, 0.2) is 52.4 Å². The number of aromatic nitrogens is 2. The van der Waals surface area contributed by atoms with Crippen LogP contribution in [0, 0.1) is 5.92 Å². The van der Waals surface area contributed by atoms with Crippen LogP contribution in [0.25, 0.3) is 10.9 Å². The zero-order valence-electron chi connectivity index (χ0n) is 19.0. The van der Waals surface area contributed by atoms with Gasteiger partial charge in [-0.15, -0.1) is 0 Å². The fraction of sp³-hybridized carbons (Fsp3) is 0.375. The van der Waals surface area contributed by atoms with E-state index in [0.29, 0.717) is 58.2 Å². The van der Waals surface area contributed by atoms with E-state index in [-0.39, 0.29) is 17.2 Å². The van der Waals surface area contributed by atoms with Gasteiger partial charge in [0.05, 0.1) is 30.3 Å². The predicted molar refractivity (Wildman–Crippen MR) is 133 cm³/mol. The second kappa shape index (κ2) is 12.0. The largest absolute Gasteiger partial charge is 0.493 e. The van der Waals surface area contributed by atoms with E-state index >= 15 is 0 Å². The summed E-state index contributed by atoms with van der Waals surface area (Å²) in [5.41, 5.74) is 0.409. The van der Waals surface area contributed by atoms with E-state index in [0.717, 1.165) is 6.42 Å². The van der Waals surface area contributed by atoms with Gasteiger partial charge in [0.25, 0.3) is 5.56 Å². The Labute approximate surface area is 202 Å². The summed E-state index contributed by atoms with van der Waals surface area (Å²) in [6.45, 7) is 5.40. The van der Waals surface area contributed by atoms with E-state index in [1.54, 1.807) is 29.9 Å². The topological polar surface area (TPSA) is 82.5 Å². The number of hydrogen-bond acceptors (Lipinski definition) is 6. The molecule has 3 rings (SSSR count). The van der Waals surface area contributed by atoms with Crippen LogP contribution in [-0.4, -0.2) is 41.5 Å². The molecule has 9 heteroatoms. The van der Waals surface area contributed by atoms with Crippen molar-refractivity contribution >= 4 is 40.2 Å². The number of nitrogens with one attached hydrogen (secondary N) is 1. The average molecular weight is 490 g/mol. The van der Waals surface area contributed by atoms with Crippen molar-refractivity contribution in [2.75, 3.05) is 26.0 Å². The molecule has 0 radical (unpaired) electrons. The molecule has 7 nitrogen and oxygen atoms in total. The van der Waals surface area contributed by atoms with E-state index in [9.17, 15) is 9.59 Å². The van der Waals surface area contributed by atoms with Crippen molar-refractivity contribution in [2.24, 2.45) is 5.92 Å². The van der Waals surface area contributed by atoms with Gasteiger partial charge in [0.2, 0.25) is 5.91 Å². The number of hydrogen-bond donors (Lipinski definition) is 1. The molecule has 0 saturated heterocycles. The summed E-state index contributed by atoms with van der Waals surface area (Å²) in [4.78, 5) is 30.1. The molecule has 2 aromatic carbocycles. The Morgan fingerprint density at radius 3 is 2.70 bits per heavy atom. The Bertz CT molecular complexity index is 1170. The lowest BCUT2D eigenvalue weighted by Gasteiger charge is -2.14. The van der Waals surface area contributed by atoms with Crippen LogP contribution >= 0.6 is 23.4 Å². The molecular formula is C24H28ClN3O4S. The summed E-state index contributed by atoms with van der Waals surface area (Å²) in [7, 11) is 1.58. The monoisotopic (exact) mass is 489 g/mol. The summed E-state index contributed by atoms with van der Waals surface area (Å²) < 4.78 is 12.6. The maximum Gasteiger partial charge on any atom is 0.262 e. The minimum atomic E-state index is -0.167. The summed E-state index contributed by atoms with van der Waals surface area (Å²) in [5.74, 6) is 1.66. The van der Waals surface area contributed by atoms with Crippen LogP contribution in [0.5, 0.6) is 11.5 Å². The summed E-state index contributed by atoms with van der Waals surface area (Å²) in [6.07, 6.45) is 0.834. The second-order valence-electron chi connectivity index (χ2n) is 7.83. The molecule has 0 bridgehead atoms. The van der Waals surface area contributed by atoms with E-state index < -0.39 is 0 Å². The molecule has 0 spiro atoms. The van der Waals surface area contributed by atoms with E-state index in [4.69, 9.17) is 21.1 Å². The number of para-hydroxylation sites is 2. The van der Waals surface area contributed by atoms with Crippen LogP contribution in [0.3, 0.4) is 0 Å². The van der Waals surface area contributed by atoms with Crippen molar-refractivity contribution in [3.8, 4) is 11.5 Å². The summed E-state index contributed by atoms with van der Waals surface area (Å²) >= 11 is 7.33. The molecule has 0 atom stereocenters. The van der Waals surface area contributed by atoms with Crippen molar-refractivity contribution in [1.29, 1.82) is 0 Å². The SMILES string of the molecule is COc1ccccc1OCCNC(=O)CSc1nc2cc(Cl)ccc2c(=O)n1CCC(C)C.